The highest BCUT2D eigenvalue weighted by Gasteiger charge is 2.32. The van der Waals surface area contributed by atoms with Gasteiger partial charge in [0.1, 0.15) is 5.82 Å². The second-order valence-corrected chi connectivity index (χ2v) is 5.05. The average Bonchev–Trinajstić information content (AvgIpc) is 2.84. The van der Waals surface area contributed by atoms with Crippen molar-refractivity contribution in [1.82, 2.24) is 4.90 Å². The van der Waals surface area contributed by atoms with Gasteiger partial charge < -0.3 is 9.47 Å². The van der Waals surface area contributed by atoms with E-state index in [0.717, 1.165) is 13.0 Å². The fourth-order valence-electron chi connectivity index (χ4n) is 2.65. The highest BCUT2D eigenvalue weighted by atomic mass is 19.1. The van der Waals surface area contributed by atoms with Crippen LogP contribution in [0.1, 0.15) is 17.5 Å². The van der Waals surface area contributed by atoms with E-state index in [9.17, 15) is 4.39 Å². The maximum atomic E-state index is 13.9. The van der Waals surface area contributed by atoms with Crippen molar-refractivity contribution in [3.63, 3.8) is 0 Å². The van der Waals surface area contributed by atoms with E-state index < -0.39 is 0 Å². The quantitative estimate of drug-likeness (QED) is 0.825. The van der Waals surface area contributed by atoms with E-state index in [1.54, 1.807) is 20.3 Å². The predicted octanol–water partition coefficient (Wildman–Crippen LogP) is 1.93. The number of hydrogen-bond acceptors (Lipinski definition) is 4. The van der Waals surface area contributed by atoms with Gasteiger partial charge in [0.05, 0.1) is 24.3 Å². The molecule has 4 nitrogen and oxygen atoms in total. The van der Waals surface area contributed by atoms with Crippen molar-refractivity contribution >= 4 is 0 Å². The van der Waals surface area contributed by atoms with E-state index in [1.807, 2.05) is 6.07 Å². The van der Waals surface area contributed by atoms with Gasteiger partial charge in [0, 0.05) is 38.9 Å². The summed E-state index contributed by atoms with van der Waals surface area (Å²) in [6.45, 7) is 1.81. The highest BCUT2D eigenvalue weighted by molar-refractivity contribution is 5.33. The lowest BCUT2D eigenvalue weighted by molar-refractivity contribution is 0.105. The van der Waals surface area contributed by atoms with Crippen molar-refractivity contribution in [3.8, 4) is 6.07 Å². The minimum Gasteiger partial charge on any atom is -0.383 e. The van der Waals surface area contributed by atoms with Gasteiger partial charge in [-0.25, -0.2) is 4.39 Å². The molecule has 0 amide bonds. The van der Waals surface area contributed by atoms with Crippen LogP contribution in [-0.2, 0) is 16.0 Å². The van der Waals surface area contributed by atoms with Gasteiger partial charge in [-0.05, 0) is 24.6 Å². The molecular formula is C15H19FN2O2. The van der Waals surface area contributed by atoms with Gasteiger partial charge in [0.25, 0.3) is 0 Å². The minimum absolute atomic E-state index is 0.150. The molecular weight excluding hydrogens is 259 g/mol. The molecule has 1 aliphatic heterocycles. The molecule has 5 heteroatoms. The Morgan fingerprint density at radius 3 is 2.90 bits per heavy atom. The summed E-state index contributed by atoms with van der Waals surface area (Å²) in [6.07, 6.45) is 1.03. The Balaban J connectivity index is 2.13. The molecule has 0 spiro atoms. The normalized spacial score (nSPS) is 22.9. The van der Waals surface area contributed by atoms with Gasteiger partial charge in [-0.15, -0.1) is 0 Å². The Morgan fingerprint density at radius 1 is 1.45 bits per heavy atom. The third-order valence-electron chi connectivity index (χ3n) is 3.73. The number of benzene rings is 1. The molecule has 20 heavy (non-hydrogen) atoms. The number of likely N-dealkylation sites (tertiary alicyclic amines) is 1. The number of methoxy groups -OCH3 is 2. The Kier molecular flexibility index (Phi) is 5.07. The summed E-state index contributed by atoms with van der Waals surface area (Å²) in [6, 6.07) is 6.71. The maximum absolute atomic E-state index is 13.9. The smallest absolute Gasteiger partial charge is 0.127 e. The van der Waals surface area contributed by atoms with Crippen LogP contribution in [0.15, 0.2) is 18.2 Å². The fourth-order valence-corrected chi connectivity index (χ4v) is 2.65. The number of ether oxygens (including phenoxy) is 2. The molecule has 0 radical (unpaired) electrons. The van der Waals surface area contributed by atoms with E-state index in [0.29, 0.717) is 24.3 Å². The van der Waals surface area contributed by atoms with Crippen LogP contribution in [-0.4, -0.2) is 44.4 Å². The van der Waals surface area contributed by atoms with Crippen molar-refractivity contribution in [1.29, 1.82) is 5.26 Å². The maximum Gasteiger partial charge on any atom is 0.127 e. The van der Waals surface area contributed by atoms with Gasteiger partial charge in [0.15, 0.2) is 0 Å². The molecule has 1 saturated heterocycles. The highest BCUT2D eigenvalue weighted by Crippen LogP contribution is 2.24. The number of nitriles is 1. The van der Waals surface area contributed by atoms with Crippen LogP contribution in [0.3, 0.4) is 0 Å². The Labute approximate surface area is 118 Å². The topological polar surface area (TPSA) is 45.5 Å². The Hall–Kier alpha value is -1.48. The molecule has 1 heterocycles. The summed E-state index contributed by atoms with van der Waals surface area (Å²) in [4.78, 5) is 2.15. The van der Waals surface area contributed by atoms with Gasteiger partial charge in [-0.2, -0.15) is 5.26 Å². The summed E-state index contributed by atoms with van der Waals surface area (Å²) in [5.41, 5.74) is 1.02. The molecule has 0 saturated carbocycles. The summed E-state index contributed by atoms with van der Waals surface area (Å²) in [5.74, 6) is -0.277. The zero-order valence-corrected chi connectivity index (χ0v) is 11.8. The lowest BCUT2D eigenvalue weighted by Crippen LogP contribution is -2.32. The molecule has 108 valence electrons. The summed E-state index contributed by atoms with van der Waals surface area (Å²) in [7, 11) is 3.35. The van der Waals surface area contributed by atoms with Crippen molar-refractivity contribution in [3.05, 3.63) is 35.1 Å². The van der Waals surface area contributed by atoms with Gasteiger partial charge in [-0.1, -0.05) is 0 Å². The van der Waals surface area contributed by atoms with Crippen molar-refractivity contribution < 1.29 is 13.9 Å². The van der Waals surface area contributed by atoms with Crippen LogP contribution in [0, 0.1) is 17.1 Å². The predicted molar refractivity (Wildman–Crippen MR) is 72.6 cm³/mol. The van der Waals surface area contributed by atoms with Crippen LogP contribution in [0.25, 0.3) is 0 Å². The van der Waals surface area contributed by atoms with Crippen LogP contribution in [0.5, 0.6) is 0 Å². The van der Waals surface area contributed by atoms with Crippen molar-refractivity contribution in [2.45, 2.75) is 25.1 Å². The largest absolute Gasteiger partial charge is 0.383 e. The van der Waals surface area contributed by atoms with Crippen molar-refractivity contribution in [2.75, 3.05) is 27.4 Å². The first-order valence-corrected chi connectivity index (χ1v) is 6.62. The first kappa shape index (κ1) is 14.9. The van der Waals surface area contributed by atoms with E-state index in [1.165, 1.54) is 12.1 Å². The zero-order chi connectivity index (χ0) is 14.5. The van der Waals surface area contributed by atoms with E-state index in [2.05, 4.69) is 4.90 Å². The first-order valence-electron chi connectivity index (χ1n) is 6.62. The van der Waals surface area contributed by atoms with E-state index in [4.69, 9.17) is 14.7 Å². The molecule has 0 aromatic heterocycles. The lowest BCUT2D eigenvalue weighted by Gasteiger charge is -2.23. The summed E-state index contributed by atoms with van der Waals surface area (Å²) < 4.78 is 24.5. The third kappa shape index (κ3) is 3.34. The molecule has 2 atom stereocenters. The molecule has 0 aliphatic carbocycles. The first-order chi connectivity index (χ1) is 9.67. The zero-order valence-electron chi connectivity index (χ0n) is 11.8. The van der Waals surface area contributed by atoms with Crippen molar-refractivity contribution in [2.24, 2.45) is 0 Å². The van der Waals surface area contributed by atoms with E-state index >= 15 is 0 Å². The minimum atomic E-state index is -0.277. The lowest BCUT2D eigenvalue weighted by atomic mass is 10.1. The SMILES string of the molecule is COC[C@@H]1C[C@@H](OC)CN1Cc1cc(C#N)ccc1F. The number of halogens is 1. The Bertz CT molecular complexity index is 501. The number of nitrogens with zero attached hydrogens (tertiary/aromatic N) is 2. The second kappa shape index (κ2) is 6.80. The van der Waals surface area contributed by atoms with Crippen LogP contribution < -0.4 is 0 Å². The standard InChI is InChI=1S/C15H19FN2O2/c1-19-10-13-6-14(20-2)9-18(13)8-12-5-11(7-17)3-4-15(12)16/h3-5,13-14H,6,8-10H2,1-2H3/t13-,14+/m0/s1. The molecule has 0 unspecified atom stereocenters. The molecule has 2 rings (SSSR count). The molecule has 0 bridgehead atoms. The monoisotopic (exact) mass is 278 g/mol. The number of rotatable bonds is 5. The van der Waals surface area contributed by atoms with Gasteiger partial charge in [0.2, 0.25) is 0 Å². The van der Waals surface area contributed by atoms with Crippen LogP contribution in [0.2, 0.25) is 0 Å². The fraction of sp³-hybridized carbons (Fsp3) is 0.533. The molecule has 0 N–H and O–H groups in total. The van der Waals surface area contributed by atoms with Gasteiger partial charge in [-0.3, -0.25) is 4.90 Å². The summed E-state index contributed by atoms with van der Waals surface area (Å²) >= 11 is 0. The van der Waals surface area contributed by atoms with E-state index in [-0.39, 0.29) is 18.0 Å². The third-order valence-corrected chi connectivity index (χ3v) is 3.73. The second-order valence-electron chi connectivity index (χ2n) is 5.05. The molecule has 1 aromatic rings. The molecule has 1 fully saturated rings. The van der Waals surface area contributed by atoms with Gasteiger partial charge >= 0.3 is 0 Å². The Morgan fingerprint density at radius 2 is 2.25 bits per heavy atom. The van der Waals surface area contributed by atoms with Crippen LogP contribution >= 0.6 is 0 Å². The molecule has 1 aromatic carbocycles. The summed E-state index contributed by atoms with van der Waals surface area (Å²) in [5, 5.41) is 8.90. The molecule has 1 aliphatic rings. The number of hydrogen-bond donors (Lipinski definition) is 0. The van der Waals surface area contributed by atoms with Crippen LogP contribution in [0.4, 0.5) is 4.39 Å². The average molecular weight is 278 g/mol.